The zero-order valence-electron chi connectivity index (χ0n) is 12.3. The minimum Gasteiger partial charge on any atom is -0.508 e. The molecule has 0 saturated heterocycles. The molecule has 4 aliphatic rings. The summed E-state index contributed by atoms with van der Waals surface area (Å²) >= 11 is 0. The molecule has 4 saturated carbocycles. The first-order valence-corrected chi connectivity index (χ1v) is 8.19. The number of nitrogens with one attached hydrogen (secondary N) is 1. The molecule has 3 nitrogen and oxygen atoms in total. The normalized spacial score (nSPS) is 36.7. The van der Waals surface area contributed by atoms with E-state index in [0.29, 0.717) is 6.54 Å². The molecule has 2 N–H and O–H groups in total. The first-order valence-electron chi connectivity index (χ1n) is 8.19. The monoisotopic (exact) mass is 285 g/mol. The van der Waals surface area contributed by atoms with Gasteiger partial charge in [-0.3, -0.25) is 4.79 Å². The van der Waals surface area contributed by atoms with Crippen molar-refractivity contribution in [3.63, 3.8) is 0 Å². The molecule has 1 amide bonds. The largest absolute Gasteiger partial charge is 0.508 e. The minimum absolute atomic E-state index is 0.0778. The van der Waals surface area contributed by atoms with E-state index in [0.717, 1.165) is 42.6 Å². The van der Waals surface area contributed by atoms with Gasteiger partial charge in [-0.15, -0.1) is 0 Å². The van der Waals surface area contributed by atoms with Gasteiger partial charge in [0, 0.05) is 12.0 Å². The molecular weight excluding hydrogens is 262 g/mol. The van der Waals surface area contributed by atoms with Crippen LogP contribution in [0.15, 0.2) is 24.3 Å². The average Bonchev–Trinajstić information content (AvgIpc) is 2.43. The molecule has 0 heterocycles. The van der Waals surface area contributed by atoms with Gasteiger partial charge in [-0.1, -0.05) is 12.1 Å². The van der Waals surface area contributed by atoms with Gasteiger partial charge in [0.1, 0.15) is 5.75 Å². The van der Waals surface area contributed by atoms with Crippen molar-refractivity contribution in [2.24, 2.45) is 23.2 Å². The number of hydrogen-bond acceptors (Lipinski definition) is 2. The number of hydrogen-bond donors (Lipinski definition) is 2. The summed E-state index contributed by atoms with van der Waals surface area (Å²) in [6, 6.07) is 7.14. The number of phenols is 1. The van der Waals surface area contributed by atoms with Crippen LogP contribution in [-0.2, 0) is 11.3 Å². The van der Waals surface area contributed by atoms with Crippen molar-refractivity contribution in [1.82, 2.24) is 5.32 Å². The predicted molar refractivity (Wildman–Crippen MR) is 80.6 cm³/mol. The van der Waals surface area contributed by atoms with Crippen LogP contribution in [0.2, 0.25) is 0 Å². The Balaban J connectivity index is 1.45. The van der Waals surface area contributed by atoms with E-state index < -0.39 is 0 Å². The molecule has 3 heteroatoms. The minimum atomic E-state index is -0.0778. The van der Waals surface area contributed by atoms with Crippen molar-refractivity contribution in [3.8, 4) is 5.75 Å². The number of aromatic hydroxyl groups is 1. The van der Waals surface area contributed by atoms with Gasteiger partial charge in [0.05, 0.1) is 0 Å². The lowest BCUT2D eigenvalue weighted by Crippen LogP contribution is -2.53. The second kappa shape index (κ2) is 4.75. The van der Waals surface area contributed by atoms with E-state index in [4.69, 9.17) is 0 Å². The maximum Gasteiger partial charge on any atom is 0.226 e. The number of benzene rings is 1. The lowest BCUT2D eigenvalue weighted by atomic mass is 9.49. The topological polar surface area (TPSA) is 49.3 Å². The summed E-state index contributed by atoms with van der Waals surface area (Å²) in [5.74, 6) is 2.90. The fraction of sp³-hybridized carbons (Fsp3) is 0.611. The Bertz CT molecular complexity index is 531. The molecule has 5 rings (SSSR count). The number of carbonyl (C=O) groups is 1. The maximum atomic E-state index is 12.8. The molecule has 0 unspecified atom stereocenters. The Morgan fingerprint density at radius 1 is 1.14 bits per heavy atom. The Morgan fingerprint density at radius 3 is 2.33 bits per heavy atom. The van der Waals surface area contributed by atoms with Gasteiger partial charge in [0.2, 0.25) is 5.91 Å². The van der Waals surface area contributed by atoms with Gasteiger partial charge in [0.25, 0.3) is 0 Å². The third kappa shape index (κ3) is 2.33. The average molecular weight is 285 g/mol. The Kier molecular flexibility index (Phi) is 2.98. The lowest BCUT2D eigenvalue weighted by Gasteiger charge is -2.55. The van der Waals surface area contributed by atoms with E-state index in [-0.39, 0.29) is 17.1 Å². The van der Waals surface area contributed by atoms with Crippen LogP contribution in [0.25, 0.3) is 0 Å². The van der Waals surface area contributed by atoms with Crippen LogP contribution < -0.4 is 5.32 Å². The highest BCUT2D eigenvalue weighted by molar-refractivity contribution is 5.83. The summed E-state index contributed by atoms with van der Waals surface area (Å²) in [5.41, 5.74) is 0.888. The van der Waals surface area contributed by atoms with E-state index in [9.17, 15) is 9.90 Å². The molecule has 0 atom stereocenters. The summed E-state index contributed by atoms with van der Waals surface area (Å²) in [6.07, 6.45) is 7.39. The fourth-order valence-electron chi connectivity index (χ4n) is 5.43. The highest BCUT2D eigenvalue weighted by Gasteiger charge is 2.54. The SMILES string of the molecule is O=C(NCc1cccc(O)c1)C12CC3CC(CC(C3)C1)C2. The molecule has 21 heavy (non-hydrogen) atoms. The lowest BCUT2D eigenvalue weighted by molar-refractivity contribution is -0.146. The number of rotatable bonds is 3. The second-order valence-electron chi connectivity index (χ2n) is 7.55. The Hall–Kier alpha value is -1.51. The third-order valence-corrected chi connectivity index (χ3v) is 5.88. The summed E-state index contributed by atoms with van der Waals surface area (Å²) in [4.78, 5) is 12.8. The van der Waals surface area contributed by atoms with E-state index in [1.807, 2.05) is 12.1 Å². The van der Waals surface area contributed by atoms with Crippen molar-refractivity contribution in [2.45, 2.75) is 45.1 Å². The molecule has 0 aromatic heterocycles. The first-order chi connectivity index (χ1) is 10.1. The van der Waals surface area contributed by atoms with Crippen molar-refractivity contribution >= 4 is 5.91 Å². The van der Waals surface area contributed by atoms with Crippen LogP contribution in [0.5, 0.6) is 5.75 Å². The van der Waals surface area contributed by atoms with Gasteiger partial charge in [-0.05, 0) is 74.0 Å². The van der Waals surface area contributed by atoms with Crippen LogP contribution in [0.3, 0.4) is 0 Å². The molecule has 0 spiro atoms. The first kappa shape index (κ1) is 13.2. The van der Waals surface area contributed by atoms with Crippen LogP contribution in [-0.4, -0.2) is 11.0 Å². The number of phenolic OH excluding ortho intramolecular Hbond substituents is 1. The Labute approximate surface area is 125 Å². The van der Waals surface area contributed by atoms with E-state index >= 15 is 0 Å². The van der Waals surface area contributed by atoms with Gasteiger partial charge >= 0.3 is 0 Å². The summed E-state index contributed by atoms with van der Waals surface area (Å²) in [6.45, 7) is 0.523. The fourth-order valence-corrected chi connectivity index (χ4v) is 5.43. The standard InChI is InChI=1S/C18H23NO2/c20-16-3-1-2-12(7-16)11-19-17(21)18-8-13-4-14(9-18)6-15(5-13)10-18/h1-3,7,13-15,20H,4-6,8-11H2,(H,19,21). The van der Waals surface area contributed by atoms with Crippen molar-refractivity contribution in [2.75, 3.05) is 0 Å². The molecule has 4 bridgehead atoms. The molecule has 4 fully saturated rings. The van der Waals surface area contributed by atoms with Gasteiger partial charge in [-0.25, -0.2) is 0 Å². The molecule has 1 aromatic rings. The van der Waals surface area contributed by atoms with Crippen LogP contribution in [0, 0.1) is 23.2 Å². The molecular formula is C18H23NO2. The zero-order valence-corrected chi connectivity index (χ0v) is 12.3. The highest BCUT2D eigenvalue weighted by atomic mass is 16.3. The molecule has 0 aliphatic heterocycles. The summed E-state index contributed by atoms with van der Waals surface area (Å²) in [7, 11) is 0. The zero-order chi connectivity index (χ0) is 14.4. The van der Waals surface area contributed by atoms with Gasteiger partial charge in [0.15, 0.2) is 0 Å². The van der Waals surface area contributed by atoms with E-state index in [2.05, 4.69) is 5.32 Å². The molecule has 0 radical (unpaired) electrons. The van der Waals surface area contributed by atoms with Crippen LogP contribution in [0.4, 0.5) is 0 Å². The highest BCUT2D eigenvalue weighted by Crippen LogP contribution is 2.60. The number of amides is 1. The van der Waals surface area contributed by atoms with Crippen molar-refractivity contribution < 1.29 is 9.90 Å². The molecule has 112 valence electrons. The van der Waals surface area contributed by atoms with Crippen LogP contribution in [0.1, 0.15) is 44.1 Å². The maximum absolute atomic E-state index is 12.8. The van der Waals surface area contributed by atoms with Gasteiger partial charge < -0.3 is 10.4 Å². The van der Waals surface area contributed by atoms with E-state index in [1.165, 1.54) is 19.3 Å². The smallest absolute Gasteiger partial charge is 0.226 e. The molecule has 4 aliphatic carbocycles. The number of carbonyl (C=O) groups excluding carboxylic acids is 1. The summed E-state index contributed by atoms with van der Waals surface area (Å²) in [5, 5.41) is 12.6. The van der Waals surface area contributed by atoms with Crippen LogP contribution >= 0.6 is 0 Å². The molecule has 1 aromatic carbocycles. The summed E-state index contributed by atoms with van der Waals surface area (Å²) < 4.78 is 0. The Morgan fingerprint density at radius 2 is 1.76 bits per heavy atom. The second-order valence-corrected chi connectivity index (χ2v) is 7.55. The quantitative estimate of drug-likeness (QED) is 0.896. The van der Waals surface area contributed by atoms with E-state index in [1.54, 1.807) is 12.1 Å². The van der Waals surface area contributed by atoms with Gasteiger partial charge in [-0.2, -0.15) is 0 Å². The third-order valence-electron chi connectivity index (χ3n) is 5.88. The predicted octanol–water partition coefficient (Wildman–Crippen LogP) is 3.22. The van der Waals surface area contributed by atoms with Crippen molar-refractivity contribution in [3.05, 3.63) is 29.8 Å². The van der Waals surface area contributed by atoms with Crippen molar-refractivity contribution in [1.29, 1.82) is 0 Å².